The van der Waals surface area contributed by atoms with Gasteiger partial charge in [-0.1, -0.05) is 19.8 Å². The fourth-order valence-corrected chi connectivity index (χ4v) is 5.26. The molecule has 5 nitrogen and oxygen atoms in total. The number of rotatable bonds is 4. The highest BCUT2D eigenvalue weighted by Crippen LogP contribution is 2.30. The van der Waals surface area contributed by atoms with E-state index in [9.17, 15) is 8.42 Å². The molecule has 20 heavy (non-hydrogen) atoms. The third-order valence-corrected chi connectivity index (χ3v) is 7.15. The van der Waals surface area contributed by atoms with Crippen LogP contribution < -0.4 is 5.73 Å². The lowest BCUT2D eigenvalue weighted by Crippen LogP contribution is -2.51. The predicted octanol–water partition coefficient (Wildman–Crippen LogP) is 1.41. The molecule has 2 N–H and O–H groups in total. The Morgan fingerprint density at radius 1 is 1.15 bits per heavy atom. The summed E-state index contributed by atoms with van der Waals surface area (Å²) in [6.45, 7) is 4.09. The van der Waals surface area contributed by atoms with Crippen LogP contribution in [0.25, 0.3) is 0 Å². The first-order valence-electron chi connectivity index (χ1n) is 7.90. The van der Waals surface area contributed by atoms with Crippen molar-refractivity contribution in [1.82, 2.24) is 8.61 Å². The molecule has 1 saturated carbocycles. The maximum atomic E-state index is 12.7. The Morgan fingerprint density at radius 2 is 1.75 bits per heavy atom. The molecule has 0 aromatic rings. The molecule has 118 valence electrons. The van der Waals surface area contributed by atoms with Gasteiger partial charge in [-0.05, 0) is 44.1 Å². The molecule has 2 rings (SSSR count). The van der Waals surface area contributed by atoms with Crippen molar-refractivity contribution in [2.75, 3.05) is 26.7 Å². The average Bonchev–Trinajstić information content (AvgIpc) is 2.47. The van der Waals surface area contributed by atoms with Crippen LogP contribution >= 0.6 is 0 Å². The van der Waals surface area contributed by atoms with E-state index in [0.717, 1.165) is 32.1 Å². The summed E-state index contributed by atoms with van der Waals surface area (Å²) in [7, 11) is -1.54. The summed E-state index contributed by atoms with van der Waals surface area (Å²) in [6.07, 6.45) is 6.29. The van der Waals surface area contributed by atoms with Crippen LogP contribution in [-0.4, -0.2) is 49.8 Å². The summed E-state index contributed by atoms with van der Waals surface area (Å²) >= 11 is 0. The molecule has 2 fully saturated rings. The van der Waals surface area contributed by atoms with Crippen molar-refractivity contribution in [3.63, 3.8) is 0 Å². The quantitative estimate of drug-likeness (QED) is 0.854. The van der Waals surface area contributed by atoms with E-state index in [0.29, 0.717) is 31.5 Å². The summed E-state index contributed by atoms with van der Waals surface area (Å²) in [5.74, 6) is 0.950. The van der Waals surface area contributed by atoms with E-state index in [1.807, 2.05) is 0 Å². The van der Waals surface area contributed by atoms with Crippen molar-refractivity contribution >= 4 is 10.2 Å². The Morgan fingerprint density at radius 3 is 2.30 bits per heavy atom. The van der Waals surface area contributed by atoms with Gasteiger partial charge in [-0.2, -0.15) is 17.0 Å². The van der Waals surface area contributed by atoms with Crippen LogP contribution in [0, 0.1) is 11.8 Å². The lowest BCUT2D eigenvalue weighted by atomic mass is 9.86. The third-order valence-electron chi connectivity index (χ3n) is 5.13. The number of hydrogen-bond donors (Lipinski definition) is 1. The van der Waals surface area contributed by atoms with Gasteiger partial charge in [0, 0.05) is 26.2 Å². The van der Waals surface area contributed by atoms with Crippen molar-refractivity contribution in [2.24, 2.45) is 17.6 Å². The summed E-state index contributed by atoms with van der Waals surface area (Å²) < 4.78 is 28.8. The van der Waals surface area contributed by atoms with Gasteiger partial charge in [-0.3, -0.25) is 0 Å². The van der Waals surface area contributed by atoms with Crippen molar-refractivity contribution in [1.29, 1.82) is 0 Å². The molecule has 1 aliphatic carbocycles. The second-order valence-electron chi connectivity index (χ2n) is 6.43. The standard InChI is InChI=1S/C14H29N3O2S/c1-12-5-3-4-6-14(12)16(2)20(18,19)17-9-7-13(11-15)8-10-17/h12-14H,3-11,15H2,1-2H3. The zero-order valence-corrected chi connectivity index (χ0v) is 13.6. The van der Waals surface area contributed by atoms with Gasteiger partial charge < -0.3 is 5.73 Å². The fraction of sp³-hybridized carbons (Fsp3) is 1.00. The number of hydrogen-bond acceptors (Lipinski definition) is 3. The molecule has 2 aliphatic rings. The smallest absolute Gasteiger partial charge is 0.281 e. The molecule has 0 bridgehead atoms. The Labute approximate surface area is 123 Å². The van der Waals surface area contributed by atoms with Gasteiger partial charge in [-0.15, -0.1) is 0 Å². The monoisotopic (exact) mass is 303 g/mol. The fourth-order valence-electron chi connectivity index (χ4n) is 3.57. The molecular formula is C14H29N3O2S. The maximum Gasteiger partial charge on any atom is 0.281 e. The molecule has 0 spiro atoms. The van der Waals surface area contributed by atoms with Crippen molar-refractivity contribution in [3.05, 3.63) is 0 Å². The highest BCUT2D eigenvalue weighted by atomic mass is 32.2. The Hall–Kier alpha value is -0.170. The number of nitrogens with two attached hydrogens (primary N) is 1. The SMILES string of the molecule is CC1CCCCC1N(C)S(=O)(=O)N1CCC(CN)CC1. The van der Waals surface area contributed by atoms with E-state index in [2.05, 4.69) is 6.92 Å². The molecule has 1 heterocycles. The summed E-state index contributed by atoms with van der Waals surface area (Å²) in [5.41, 5.74) is 5.67. The zero-order chi connectivity index (χ0) is 14.8. The van der Waals surface area contributed by atoms with Crippen LogP contribution in [0.15, 0.2) is 0 Å². The highest BCUT2D eigenvalue weighted by Gasteiger charge is 2.36. The van der Waals surface area contributed by atoms with E-state index in [4.69, 9.17) is 5.73 Å². The molecule has 6 heteroatoms. The molecule has 1 aliphatic heterocycles. The first-order valence-corrected chi connectivity index (χ1v) is 9.29. The predicted molar refractivity (Wildman–Crippen MR) is 81.5 cm³/mol. The Balaban J connectivity index is 2.02. The van der Waals surface area contributed by atoms with Crippen molar-refractivity contribution in [2.45, 2.75) is 51.5 Å². The van der Waals surface area contributed by atoms with Gasteiger partial charge in [0.25, 0.3) is 10.2 Å². The van der Waals surface area contributed by atoms with Crippen molar-refractivity contribution in [3.8, 4) is 0 Å². The molecule has 1 saturated heterocycles. The van der Waals surface area contributed by atoms with Crippen LogP contribution in [0.3, 0.4) is 0 Å². The van der Waals surface area contributed by atoms with E-state index < -0.39 is 10.2 Å². The van der Waals surface area contributed by atoms with Crippen LogP contribution in [0.5, 0.6) is 0 Å². The molecule has 2 unspecified atom stereocenters. The summed E-state index contributed by atoms with van der Waals surface area (Å²) in [4.78, 5) is 0. The Kier molecular flexibility index (Phi) is 5.45. The first-order chi connectivity index (χ1) is 9.46. The van der Waals surface area contributed by atoms with Crippen LogP contribution in [0.4, 0.5) is 0 Å². The summed E-state index contributed by atoms with van der Waals surface area (Å²) in [6, 6.07) is 0.168. The second kappa shape index (κ2) is 6.73. The largest absolute Gasteiger partial charge is 0.330 e. The molecule has 2 atom stereocenters. The molecule has 0 radical (unpaired) electrons. The van der Waals surface area contributed by atoms with E-state index in [1.54, 1.807) is 15.7 Å². The van der Waals surface area contributed by atoms with Gasteiger partial charge in [0.15, 0.2) is 0 Å². The van der Waals surface area contributed by atoms with E-state index in [-0.39, 0.29) is 6.04 Å². The van der Waals surface area contributed by atoms with Crippen molar-refractivity contribution < 1.29 is 8.42 Å². The summed E-state index contributed by atoms with van der Waals surface area (Å²) in [5, 5.41) is 0. The first kappa shape index (κ1) is 16.2. The topological polar surface area (TPSA) is 66.6 Å². The maximum absolute atomic E-state index is 12.7. The van der Waals surface area contributed by atoms with Gasteiger partial charge in [-0.25, -0.2) is 0 Å². The Bertz CT molecular complexity index is 405. The van der Waals surface area contributed by atoms with Gasteiger partial charge >= 0.3 is 0 Å². The highest BCUT2D eigenvalue weighted by molar-refractivity contribution is 7.86. The number of nitrogens with zero attached hydrogens (tertiary/aromatic N) is 2. The van der Waals surface area contributed by atoms with Gasteiger partial charge in [0.1, 0.15) is 0 Å². The lowest BCUT2D eigenvalue weighted by Gasteiger charge is -2.39. The van der Waals surface area contributed by atoms with Gasteiger partial charge in [0.05, 0.1) is 0 Å². The third kappa shape index (κ3) is 3.35. The molecule has 0 aromatic carbocycles. The minimum Gasteiger partial charge on any atom is -0.330 e. The van der Waals surface area contributed by atoms with Gasteiger partial charge in [0.2, 0.25) is 0 Å². The number of piperidine rings is 1. The molecule has 0 amide bonds. The molecular weight excluding hydrogens is 274 g/mol. The van der Waals surface area contributed by atoms with Crippen LogP contribution in [-0.2, 0) is 10.2 Å². The van der Waals surface area contributed by atoms with Crippen LogP contribution in [0.1, 0.15) is 45.4 Å². The second-order valence-corrected chi connectivity index (χ2v) is 8.42. The minimum absolute atomic E-state index is 0.168. The van der Waals surface area contributed by atoms with Crippen LogP contribution in [0.2, 0.25) is 0 Å². The minimum atomic E-state index is -3.30. The van der Waals surface area contributed by atoms with E-state index in [1.165, 1.54) is 6.42 Å². The van der Waals surface area contributed by atoms with E-state index >= 15 is 0 Å². The normalized spacial score (nSPS) is 30.8. The lowest BCUT2D eigenvalue weighted by molar-refractivity contribution is 0.192. The molecule has 0 aromatic heterocycles. The zero-order valence-electron chi connectivity index (χ0n) is 12.8. The average molecular weight is 303 g/mol.